The average Bonchev–Trinajstić information content (AvgIpc) is 3.31. The molecule has 2 bridgehead atoms. The van der Waals surface area contributed by atoms with E-state index in [2.05, 4.69) is 26.6 Å². The van der Waals surface area contributed by atoms with E-state index in [0.717, 1.165) is 30.5 Å². The molecule has 0 saturated heterocycles. The van der Waals surface area contributed by atoms with Crippen LogP contribution in [0, 0.1) is 0 Å². The highest BCUT2D eigenvalue weighted by Crippen LogP contribution is 2.21. The Morgan fingerprint density at radius 2 is 0.955 bits per heavy atom. The molecule has 0 fully saturated rings. The number of carbonyl (C=O) groups excluding carboxylic acids is 7. The largest absolute Gasteiger partial charge is 0.480 e. The van der Waals surface area contributed by atoms with Crippen molar-refractivity contribution in [3.63, 3.8) is 0 Å². The number of benzene rings is 5. The summed E-state index contributed by atoms with van der Waals surface area (Å²) in [4.78, 5) is 109. The molecular formula is C51H51N5O11. The van der Waals surface area contributed by atoms with E-state index >= 15 is 0 Å². The summed E-state index contributed by atoms with van der Waals surface area (Å²) in [6.07, 6.45) is -4.30. The van der Waals surface area contributed by atoms with Gasteiger partial charge in [-0.1, -0.05) is 127 Å². The minimum atomic E-state index is -2.11. The SMILES string of the molecule is CC(=O)O[C@H]1C(=O)Nc2ccc(cc2)C[C@@H](C(=O)O)NC(=O)[C@@H](CCc2ccccc2)NC(=O)[C@H](Cc2ccc(-c3ccccc3)cc2)NC(=O)[C@@H](Cc2ccccc2)NC(=O)[C@@H]1OC(C)=O. The minimum absolute atomic E-state index is 0.0441. The van der Waals surface area contributed by atoms with E-state index in [1.807, 2.05) is 72.8 Å². The summed E-state index contributed by atoms with van der Waals surface area (Å²) >= 11 is 0. The van der Waals surface area contributed by atoms with Gasteiger partial charge in [0.05, 0.1) is 0 Å². The number of aryl methyl sites for hydroxylation is 1. The number of aliphatic carboxylic acids is 1. The van der Waals surface area contributed by atoms with E-state index in [1.54, 1.807) is 42.5 Å². The van der Waals surface area contributed by atoms with Gasteiger partial charge in [-0.05, 0) is 58.4 Å². The first kappa shape index (κ1) is 48.3. The van der Waals surface area contributed by atoms with E-state index in [4.69, 9.17) is 9.47 Å². The summed E-state index contributed by atoms with van der Waals surface area (Å²) in [5.74, 6) is -8.09. The monoisotopic (exact) mass is 909 g/mol. The molecule has 7 rings (SSSR count). The molecule has 16 heteroatoms. The molecule has 0 aromatic heterocycles. The summed E-state index contributed by atoms with van der Waals surface area (Å²) in [6.45, 7) is 1.97. The molecular weight excluding hydrogens is 859 g/mol. The Morgan fingerprint density at radius 1 is 0.507 bits per heavy atom. The van der Waals surface area contributed by atoms with Crippen molar-refractivity contribution in [3.05, 3.63) is 162 Å². The van der Waals surface area contributed by atoms with Crippen LogP contribution in [0.25, 0.3) is 11.1 Å². The molecule has 0 aliphatic carbocycles. The molecule has 2 aliphatic rings. The van der Waals surface area contributed by atoms with Gasteiger partial charge in [-0.15, -0.1) is 0 Å². The van der Waals surface area contributed by atoms with Crippen LogP contribution in [-0.4, -0.2) is 88.9 Å². The van der Waals surface area contributed by atoms with Gasteiger partial charge in [0, 0.05) is 38.8 Å². The predicted molar refractivity (Wildman–Crippen MR) is 246 cm³/mol. The average molecular weight is 910 g/mol. The molecule has 6 atom stereocenters. The zero-order chi connectivity index (χ0) is 47.9. The number of fused-ring (bicyclic) bond motifs is 18. The van der Waals surface area contributed by atoms with Crippen molar-refractivity contribution in [2.24, 2.45) is 0 Å². The summed E-state index contributed by atoms with van der Waals surface area (Å²) in [6, 6.07) is 34.8. The second kappa shape index (κ2) is 23.2. The number of carbonyl (C=O) groups is 8. The Morgan fingerprint density at radius 3 is 1.49 bits per heavy atom. The van der Waals surface area contributed by atoms with Crippen LogP contribution in [0.2, 0.25) is 0 Å². The number of ether oxygens (including phenoxy) is 2. The first-order valence-electron chi connectivity index (χ1n) is 21.6. The van der Waals surface area contributed by atoms with Gasteiger partial charge in [0.2, 0.25) is 29.9 Å². The molecule has 0 saturated carbocycles. The molecule has 346 valence electrons. The van der Waals surface area contributed by atoms with E-state index in [0.29, 0.717) is 23.1 Å². The van der Waals surface area contributed by atoms with Crippen LogP contribution >= 0.6 is 0 Å². The number of hydrogen-bond acceptors (Lipinski definition) is 10. The Kier molecular flexibility index (Phi) is 16.7. The third-order valence-electron chi connectivity index (χ3n) is 10.9. The molecule has 5 amide bonds. The topological polar surface area (TPSA) is 235 Å². The Bertz CT molecular complexity index is 2540. The number of amides is 5. The molecule has 0 spiro atoms. The number of anilines is 1. The molecule has 16 nitrogen and oxygen atoms in total. The van der Waals surface area contributed by atoms with E-state index in [-0.39, 0.29) is 31.4 Å². The third kappa shape index (κ3) is 14.2. The zero-order valence-corrected chi connectivity index (χ0v) is 36.8. The van der Waals surface area contributed by atoms with Gasteiger partial charge in [0.15, 0.2) is 0 Å². The fourth-order valence-electron chi connectivity index (χ4n) is 7.50. The lowest BCUT2D eigenvalue weighted by Crippen LogP contribution is -2.60. The highest BCUT2D eigenvalue weighted by molar-refractivity contribution is 6.01. The predicted octanol–water partition coefficient (Wildman–Crippen LogP) is 3.85. The van der Waals surface area contributed by atoms with Crippen LogP contribution < -0.4 is 26.6 Å². The van der Waals surface area contributed by atoms with Crippen LogP contribution in [0.5, 0.6) is 0 Å². The zero-order valence-electron chi connectivity index (χ0n) is 36.8. The Hall–Kier alpha value is -8.14. The van der Waals surface area contributed by atoms with Crippen molar-refractivity contribution in [1.82, 2.24) is 21.3 Å². The van der Waals surface area contributed by atoms with Gasteiger partial charge in [0.25, 0.3) is 11.8 Å². The summed E-state index contributed by atoms with van der Waals surface area (Å²) < 4.78 is 10.6. The van der Waals surface area contributed by atoms with Crippen LogP contribution in [0.4, 0.5) is 5.69 Å². The van der Waals surface area contributed by atoms with Crippen molar-refractivity contribution >= 4 is 53.1 Å². The second-order valence-electron chi connectivity index (χ2n) is 16.0. The van der Waals surface area contributed by atoms with Crippen LogP contribution in [0.1, 0.15) is 42.5 Å². The van der Waals surface area contributed by atoms with E-state index in [9.17, 15) is 43.5 Å². The highest BCUT2D eigenvalue weighted by atomic mass is 16.6. The standard InChI is InChI=1S/C51H51N5O11/c1-31(57)66-44-45(67-32(2)58)50(63)55-42(28-34-14-8-4-9-15-34)48(61)54-41(29-35-18-23-38(24-19-35)37-16-10-5-11-17-37)47(60)53-40(27-22-33-12-6-3-7-13-33)46(59)56-43(51(64)65)30-36-20-25-39(26-21-36)52-49(44)62/h3-21,23-26,40-45H,22,27-30H2,1-2H3,(H,52,62)(H,53,60)(H,54,61)(H,55,63)(H,56,59)(H,64,65)/t40-,41+,42-,43+,44-,45-/m1/s1. The molecule has 2 aliphatic heterocycles. The Balaban J connectivity index is 1.42. The number of carboxylic acids is 1. The summed E-state index contributed by atoms with van der Waals surface area (Å²) in [5.41, 5.74) is 4.42. The van der Waals surface area contributed by atoms with Crippen molar-refractivity contribution in [2.45, 2.75) is 82.3 Å². The fraction of sp³-hybridized carbons (Fsp3) is 0.255. The number of hydrogen-bond donors (Lipinski definition) is 6. The quantitative estimate of drug-likeness (QED) is 0.0823. The maximum Gasteiger partial charge on any atom is 0.326 e. The van der Waals surface area contributed by atoms with Gasteiger partial charge in [0.1, 0.15) is 24.2 Å². The maximum absolute atomic E-state index is 14.7. The highest BCUT2D eigenvalue weighted by Gasteiger charge is 2.41. The van der Waals surface area contributed by atoms with Gasteiger partial charge in [-0.2, -0.15) is 0 Å². The molecule has 6 N–H and O–H groups in total. The van der Waals surface area contributed by atoms with Crippen LogP contribution in [0.3, 0.4) is 0 Å². The molecule has 5 aromatic rings. The van der Waals surface area contributed by atoms with Crippen LogP contribution in [0.15, 0.2) is 140 Å². The fourth-order valence-corrected chi connectivity index (χ4v) is 7.50. The van der Waals surface area contributed by atoms with Crippen molar-refractivity contribution in [1.29, 1.82) is 0 Å². The molecule has 67 heavy (non-hydrogen) atoms. The minimum Gasteiger partial charge on any atom is -0.480 e. The summed E-state index contributed by atoms with van der Waals surface area (Å²) in [5, 5.41) is 23.5. The molecule has 0 radical (unpaired) electrons. The lowest BCUT2D eigenvalue weighted by Gasteiger charge is -2.28. The lowest BCUT2D eigenvalue weighted by atomic mass is 9.98. The van der Waals surface area contributed by atoms with Crippen molar-refractivity contribution in [2.75, 3.05) is 5.32 Å². The van der Waals surface area contributed by atoms with Crippen molar-refractivity contribution in [3.8, 4) is 11.1 Å². The summed E-state index contributed by atoms with van der Waals surface area (Å²) in [7, 11) is 0. The molecule has 0 unspecified atom stereocenters. The lowest BCUT2D eigenvalue weighted by molar-refractivity contribution is -0.173. The maximum atomic E-state index is 14.7. The van der Waals surface area contributed by atoms with E-state index < -0.39 is 83.8 Å². The van der Waals surface area contributed by atoms with E-state index in [1.165, 1.54) is 24.3 Å². The van der Waals surface area contributed by atoms with Crippen LogP contribution in [-0.2, 0) is 73.5 Å². The van der Waals surface area contributed by atoms with Crippen molar-refractivity contribution < 1.29 is 52.9 Å². The van der Waals surface area contributed by atoms with Gasteiger partial charge >= 0.3 is 17.9 Å². The first-order valence-corrected chi connectivity index (χ1v) is 21.6. The number of nitrogens with one attached hydrogen (secondary N) is 5. The smallest absolute Gasteiger partial charge is 0.326 e. The Labute approximate surface area is 386 Å². The molecule has 2 heterocycles. The molecule has 5 aromatic carbocycles. The van der Waals surface area contributed by atoms with Gasteiger partial charge in [-0.25, -0.2) is 4.79 Å². The third-order valence-corrected chi connectivity index (χ3v) is 10.9. The van der Waals surface area contributed by atoms with Gasteiger partial charge in [-0.3, -0.25) is 33.6 Å². The number of carboxylic acid groups (broad SMARTS) is 1. The number of esters is 2. The normalized spacial score (nSPS) is 20.7. The number of rotatable bonds is 11. The first-order chi connectivity index (χ1) is 32.2. The van der Waals surface area contributed by atoms with Gasteiger partial charge < -0.3 is 41.2 Å². The second-order valence-corrected chi connectivity index (χ2v) is 16.0.